The molecule has 140 valence electrons. The zero-order chi connectivity index (χ0) is 18.6. The molecule has 3 aromatic heterocycles. The highest BCUT2D eigenvalue weighted by Crippen LogP contribution is 2.33. The molecule has 0 N–H and O–H groups in total. The van der Waals surface area contributed by atoms with Crippen LogP contribution in [0.2, 0.25) is 0 Å². The quantitative estimate of drug-likeness (QED) is 0.688. The summed E-state index contributed by atoms with van der Waals surface area (Å²) in [5.74, 6) is 1.83. The molecule has 4 rings (SSSR count). The number of furan rings is 1. The maximum atomic E-state index is 12.7. The molecule has 4 heterocycles. The van der Waals surface area contributed by atoms with E-state index in [9.17, 15) is 4.79 Å². The van der Waals surface area contributed by atoms with E-state index in [-0.39, 0.29) is 11.8 Å². The van der Waals surface area contributed by atoms with Crippen LogP contribution in [0.25, 0.3) is 11.3 Å². The Balaban J connectivity index is 1.48. The number of amides is 1. The van der Waals surface area contributed by atoms with Gasteiger partial charge in [0.1, 0.15) is 12.1 Å². The zero-order valence-corrected chi connectivity index (χ0v) is 15.3. The van der Waals surface area contributed by atoms with Gasteiger partial charge in [-0.2, -0.15) is 0 Å². The molecule has 1 aliphatic heterocycles. The normalized spacial score (nSPS) is 17.2. The van der Waals surface area contributed by atoms with E-state index in [1.807, 2.05) is 30.0 Å². The lowest BCUT2D eigenvalue weighted by molar-refractivity contribution is -0.132. The van der Waals surface area contributed by atoms with Crippen molar-refractivity contribution in [1.82, 2.24) is 20.0 Å². The molecule has 1 atom stereocenters. The Labute approximate surface area is 157 Å². The molecule has 1 fully saturated rings. The Morgan fingerprint density at radius 3 is 3.11 bits per heavy atom. The Kier molecular flexibility index (Phi) is 5.00. The van der Waals surface area contributed by atoms with Gasteiger partial charge in [0, 0.05) is 44.1 Å². The summed E-state index contributed by atoms with van der Waals surface area (Å²) in [6.45, 7) is 3.33. The van der Waals surface area contributed by atoms with E-state index in [4.69, 9.17) is 8.94 Å². The molecule has 27 heavy (non-hydrogen) atoms. The molecule has 1 aliphatic rings. The summed E-state index contributed by atoms with van der Waals surface area (Å²) < 4.78 is 10.7. The fraction of sp³-hybridized carbons (Fsp3) is 0.400. The fourth-order valence-electron chi connectivity index (χ4n) is 3.61. The number of hydrogen-bond donors (Lipinski definition) is 0. The average molecular weight is 366 g/mol. The highest BCUT2D eigenvalue weighted by Gasteiger charge is 2.28. The van der Waals surface area contributed by atoms with Crippen LogP contribution >= 0.6 is 0 Å². The summed E-state index contributed by atoms with van der Waals surface area (Å²) >= 11 is 0. The Hall–Kier alpha value is -2.96. The third kappa shape index (κ3) is 3.92. The van der Waals surface area contributed by atoms with Crippen LogP contribution in [-0.2, 0) is 11.2 Å². The number of aryl methyl sites for hydroxylation is 2. The van der Waals surface area contributed by atoms with Crippen molar-refractivity contribution in [2.45, 2.75) is 38.5 Å². The van der Waals surface area contributed by atoms with Gasteiger partial charge in [-0.3, -0.25) is 4.79 Å². The van der Waals surface area contributed by atoms with Gasteiger partial charge in [0.15, 0.2) is 5.76 Å². The van der Waals surface area contributed by atoms with Crippen molar-refractivity contribution in [2.75, 3.05) is 13.1 Å². The molecule has 7 heteroatoms. The first kappa shape index (κ1) is 17.5. The van der Waals surface area contributed by atoms with Crippen LogP contribution in [-0.4, -0.2) is 39.0 Å². The highest BCUT2D eigenvalue weighted by atomic mass is 16.5. The van der Waals surface area contributed by atoms with Crippen molar-refractivity contribution in [2.24, 2.45) is 0 Å². The van der Waals surface area contributed by atoms with Crippen molar-refractivity contribution in [3.63, 3.8) is 0 Å². The van der Waals surface area contributed by atoms with Crippen molar-refractivity contribution in [3.8, 4) is 11.3 Å². The molecule has 3 aromatic rings. The zero-order valence-electron chi connectivity index (χ0n) is 15.3. The number of carbonyl (C=O) groups excluding carboxylic acids is 1. The maximum absolute atomic E-state index is 12.7. The topological polar surface area (TPSA) is 85.3 Å². The van der Waals surface area contributed by atoms with E-state index in [1.165, 1.54) is 0 Å². The molecule has 0 saturated carbocycles. The molecule has 7 nitrogen and oxygen atoms in total. The van der Waals surface area contributed by atoms with Gasteiger partial charge in [-0.15, -0.1) is 0 Å². The Morgan fingerprint density at radius 2 is 2.33 bits per heavy atom. The van der Waals surface area contributed by atoms with Crippen molar-refractivity contribution >= 4 is 5.91 Å². The lowest BCUT2D eigenvalue weighted by Gasteiger charge is -2.33. The van der Waals surface area contributed by atoms with Crippen LogP contribution in [0.1, 0.15) is 42.3 Å². The first-order valence-electron chi connectivity index (χ1n) is 9.24. The van der Waals surface area contributed by atoms with Gasteiger partial charge in [0.25, 0.3) is 0 Å². The standard InChI is InChI=1S/C20H22N4O3/c1-14-10-18(27-23-14)17-11-21-13-22-20(17)15-4-2-8-24(12-15)19(25)7-6-16-5-3-9-26-16/h3,5,9-11,13,15H,2,4,6-8,12H2,1H3/t15-/m0/s1. The molecule has 0 unspecified atom stereocenters. The van der Waals surface area contributed by atoms with Crippen molar-refractivity contribution in [3.05, 3.63) is 54.1 Å². The largest absolute Gasteiger partial charge is 0.469 e. The van der Waals surface area contributed by atoms with Crippen molar-refractivity contribution in [1.29, 1.82) is 0 Å². The smallest absolute Gasteiger partial charge is 0.223 e. The number of rotatable bonds is 5. The molecule has 0 aromatic carbocycles. The van der Waals surface area contributed by atoms with E-state index >= 15 is 0 Å². The SMILES string of the molecule is Cc1cc(-c2cncnc2[C@H]2CCCN(C(=O)CCc3ccco3)C2)on1. The third-order valence-electron chi connectivity index (χ3n) is 4.96. The minimum absolute atomic E-state index is 0.155. The molecule has 0 aliphatic carbocycles. The number of nitrogens with zero attached hydrogens (tertiary/aromatic N) is 4. The second-order valence-electron chi connectivity index (χ2n) is 6.91. The van der Waals surface area contributed by atoms with Crippen LogP contribution < -0.4 is 0 Å². The third-order valence-corrected chi connectivity index (χ3v) is 4.96. The number of likely N-dealkylation sites (tertiary alicyclic amines) is 1. The molecular formula is C20H22N4O3. The average Bonchev–Trinajstić information content (AvgIpc) is 3.38. The van der Waals surface area contributed by atoms with Crippen molar-refractivity contribution < 1.29 is 13.7 Å². The number of carbonyl (C=O) groups is 1. The molecule has 0 bridgehead atoms. The summed E-state index contributed by atoms with van der Waals surface area (Å²) in [5.41, 5.74) is 2.59. The van der Waals surface area contributed by atoms with Gasteiger partial charge < -0.3 is 13.8 Å². The summed E-state index contributed by atoms with van der Waals surface area (Å²) in [6, 6.07) is 5.63. The van der Waals surface area contributed by atoms with E-state index in [0.29, 0.717) is 25.1 Å². The highest BCUT2D eigenvalue weighted by molar-refractivity contribution is 5.76. The number of piperidine rings is 1. The molecule has 0 radical (unpaired) electrons. The molecular weight excluding hydrogens is 344 g/mol. The monoisotopic (exact) mass is 366 g/mol. The fourth-order valence-corrected chi connectivity index (χ4v) is 3.61. The van der Waals surface area contributed by atoms with Gasteiger partial charge in [0.2, 0.25) is 5.91 Å². The summed E-state index contributed by atoms with van der Waals surface area (Å²) in [4.78, 5) is 23.3. The summed E-state index contributed by atoms with van der Waals surface area (Å²) in [7, 11) is 0. The number of hydrogen-bond acceptors (Lipinski definition) is 6. The second kappa shape index (κ2) is 7.73. The van der Waals surface area contributed by atoms with Gasteiger partial charge >= 0.3 is 0 Å². The van der Waals surface area contributed by atoms with E-state index in [1.54, 1.807) is 18.8 Å². The minimum Gasteiger partial charge on any atom is -0.469 e. The number of aromatic nitrogens is 3. The molecule has 1 amide bonds. The first-order valence-corrected chi connectivity index (χ1v) is 9.24. The van der Waals surface area contributed by atoms with Crippen LogP contribution in [0.4, 0.5) is 0 Å². The first-order chi connectivity index (χ1) is 13.2. The van der Waals surface area contributed by atoms with Gasteiger partial charge in [0.05, 0.1) is 23.2 Å². The van der Waals surface area contributed by atoms with Crippen LogP contribution in [0.3, 0.4) is 0 Å². The predicted molar refractivity (Wildman–Crippen MR) is 97.9 cm³/mol. The van der Waals surface area contributed by atoms with Gasteiger partial charge in [-0.05, 0) is 31.9 Å². The Bertz CT molecular complexity index is 904. The minimum atomic E-state index is 0.155. The van der Waals surface area contributed by atoms with E-state index < -0.39 is 0 Å². The predicted octanol–water partition coefficient (Wildman–Crippen LogP) is 3.37. The summed E-state index contributed by atoms with van der Waals surface area (Å²) in [5, 5.41) is 3.97. The Morgan fingerprint density at radius 1 is 1.41 bits per heavy atom. The molecule has 1 saturated heterocycles. The van der Waals surface area contributed by atoms with Gasteiger partial charge in [-0.1, -0.05) is 5.16 Å². The van der Waals surface area contributed by atoms with E-state index in [0.717, 1.165) is 42.1 Å². The second-order valence-corrected chi connectivity index (χ2v) is 6.91. The van der Waals surface area contributed by atoms with Crippen LogP contribution in [0, 0.1) is 6.92 Å². The van der Waals surface area contributed by atoms with Crippen LogP contribution in [0.5, 0.6) is 0 Å². The van der Waals surface area contributed by atoms with Gasteiger partial charge in [-0.25, -0.2) is 9.97 Å². The maximum Gasteiger partial charge on any atom is 0.223 e. The lowest BCUT2D eigenvalue weighted by atomic mass is 9.91. The van der Waals surface area contributed by atoms with Crippen LogP contribution in [0.15, 0.2) is 45.9 Å². The lowest BCUT2D eigenvalue weighted by Crippen LogP contribution is -2.39. The van der Waals surface area contributed by atoms with E-state index in [2.05, 4.69) is 15.1 Å². The summed E-state index contributed by atoms with van der Waals surface area (Å²) in [6.07, 6.45) is 7.98. The molecule has 0 spiro atoms.